The molecule has 0 spiro atoms. The van der Waals surface area contributed by atoms with Crippen LogP contribution in [0.2, 0.25) is 0 Å². The van der Waals surface area contributed by atoms with Gasteiger partial charge in [-0.25, -0.2) is 4.79 Å². The third-order valence-electron chi connectivity index (χ3n) is 4.34. The Morgan fingerprint density at radius 1 is 1.30 bits per heavy atom. The molecule has 0 radical (unpaired) electrons. The van der Waals surface area contributed by atoms with Gasteiger partial charge in [0.15, 0.2) is 0 Å². The van der Waals surface area contributed by atoms with Crippen molar-refractivity contribution in [2.24, 2.45) is 13.0 Å². The van der Waals surface area contributed by atoms with Crippen LogP contribution in [0.4, 0.5) is 29.5 Å². The highest BCUT2D eigenvalue weighted by Gasteiger charge is 2.31. The van der Waals surface area contributed by atoms with E-state index in [1.807, 2.05) is 0 Å². The summed E-state index contributed by atoms with van der Waals surface area (Å²) in [5.74, 6) is 0.616. The minimum Gasteiger partial charge on any atom is -0.406 e. The van der Waals surface area contributed by atoms with Crippen molar-refractivity contribution < 1.29 is 22.7 Å². The van der Waals surface area contributed by atoms with Gasteiger partial charge in [0, 0.05) is 38.4 Å². The average Bonchev–Trinajstić information content (AvgIpc) is 3.22. The predicted octanol–water partition coefficient (Wildman–Crippen LogP) is 2.97. The molecule has 1 aromatic heterocycles. The Morgan fingerprint density at radius 3 is 2.67 bits per heavy atom. The number of ether oxygens (including phenoxy) is 1. The van der Waals surface area contributed by atoms with Crippen LogP contribution in [0.1, 0.15) is 6.42 Å². The molecular weight excluding hydrogens is 363 g/mol. The average molecular weight is 383 g/mol. The molecule has 0 aliphatic carbocycles. The number of aromatic nitrogens is 2. The van der Waals surface area contributed by atoms with Crippen molar-refractivity contribution in [1.82, 2.24) is 15.1 Å². The Kier molecular flexibility index (Phi) is 5.43. The van der Waals surface area contributed by atoms with Crippen LogP contribution in [-0.2, 0) is 7.05 Å². The number of carbonyl (C=O) groups is 1. The second kappa shape index (κ2) is 7.77. The normalized spacial score (nSPS) is 17.0. The van der Waals surface area contributed by atoms with Gasteiger partial charge in [0.25, 0.3) is 0 Å². The summed E-state index contributed by atoms with van der Waals surface area (Å²) >= 11 is 0. The number of rotatable bonds is 5. The summed E-state index contributed by atoms with van der Waals surface area (Å²) in [5.41, 5.74) is 0.825. The van der Waals surface area contributed by atoms with Crippen molar-refractivity contribution in [2.45, 2.75) is 12.8 Å². The van der Waals surface area contributed by atoms with E-state index in [0.717, 1.165) is 18.7 Å². The first-order valence-electron chi connectivity index (χ1n) is 8.44. The lowest BCUT2D eigenvalue weighted by Crippen LogP contribution is -2.34. The number of anilines is 2. The number of amides is 2. The second-order valence-electron chi connectivity index (χ2n) is 6.32. The van der Waals surface area contributed by atoms with Gasteiger partial charge in [-0.15, -0.1) is 13.2 Å². The first-order valence-corrected chi connectivity index (χ1v) is 8.44. The molecule has 1 saturated heterocycles. The zero-order chi connectivity index (χ0) is 19.4. The lowest BCUT2D eigenvalue weighted by molar-refractivity contribution is -0.274. The summed E-state index contributed by atoms with van der Waals surface area (Å²) in [5, 5.41) is 9.52. The first kappa shape index (κ1) is 18.9. The lowest BCUT2D eigenvalue weighted by Gasteiger charge is -2.19. The number of alkyl halides is 3. The number of hydrogen-bond donors (Lipinski definition) is 2. The number of nitrogens with zero attached hydrogens (tertiary/aromatic N) is 3. The van der Waals surface area contributed by atoms with Crippen LogP contribution in [0.25, 0.3) is 0 Å². The van der Waals surface area contributed by atoms with Crippen LogP contribution in [0.15, 0.2) is 36.5 Å². The van der Waals surface area contributed by atoms with E-state index in [0.29, 0.717) is 18.9 Å². The van der Waals surface area contributed by atoms with Crippen LogP contribution < -0.4 is 20.3 Å². The quantitative estimate of drug-likeness (QED) is 0.833. The van der Waals surface area contributed by atoms with E-state index in [-0.39, 0.29) is 17.7 Å². The number of carbonyl (C=O) groups excluding carboxylic acids is 1. The second-order valence-corrected chi connectivity index (χ2v) is 6.32. The van der Waals surface area contributed by atoms with Crippen molar-refractivity contribution in [2.75, 3.05) is 29.9 Å². The van der Waals surface area contributed by atoms with E-state index in [2.05, 4.69) is 25.4 Å². The number of aryl methyl sites for hydroxylation is 1. The van der Waals surface area contributed by atoms with Gasteiger partial charge < -0.3 is 15.0 Å². The SMILES string of the molecule is Cn1nccc1NC(=O)NC[C@@H]1CCN(c2ccc(OC(F)(F)F)cc2)C1. The highest BCUT2D eigenvalue weighted by atomic mass is 19.4. The van der Waals surface area contributed by atoms with E-state index >= 15 is 0 Å². The molecule has 146 valence electrons. The van der Waals surface area contributed by atoms with Crippen LogP contribution in [-0.4, -0.2) is 41.8 Å². The molecule has 3 rings (SSSR count). The summed E-state index contributed by atoms with van der Waals surface area (Å²) in [7, 11) is 1.73. The molecular formula is C17H20F3N5O2. The summed E-state index contributed by atoms with van der Waals surface area (Å²) in [6.07, 6.45) is -2.22. The molecule has 0 saturated carbocycles. The van der Waals surface area contributed by atoms with Crippen molar-refractivity contribution in [3.8, 4) is 5.75 Å². The molecule has 2 amide bonds. The largest absolute Gasteiger partial charge is 0.573 e. The molecule has 1 fully saturated rings. The molecule has 10 heteroatoms. The van der Waals surface area contributed by atoms with Crippen molar-refractivity contribution in [3.05, 3.63) is 36.5 Å². The molecule has 2 aromatic rings. The molecule has 1 aliphatic rings. The van der Waals surface area contributed by atoms with E-state index < -0.39 is 6.36 Å². The fourth-order valence-corrected chi connectivity index (χ4v) is 2.99. The first-order chi connectivity index (χ1) is 12.8. The highest BCUT2D eigenvalue weighted by molar-refractivity contribution is 5.88. The standard InChI is InChI=1S/C17H20F3N5O2/c1-24-15(6-8-22-24)23-16(26)21-10-12-7-9-25(11-12)13-2-4-14(5-3-13)27-17(18,19)20/h2-6,8,12H,7,9-11H2,1H3,(H2,21,23,26)/t12-/m0/s1. The zero-order valence-electron chi connectivity index (χ0n) is 14.7. The van der Waals surface area contributed by atoms with Crippen molar-refractivity contribution in [1.29, 1.82) is 0 Å². The topological polar surface area (TPSA) is 71.4 Å². The van der Waals surface area contributed by atoms with E-state index in [1.54, 1.807) is 36.1 Å². The van der Waals surface area contributed by atoms with Gasteiger partial charge >= 0.3 is 12.4 Å². The number of hydrogen-bond acceptors (Lipinski definition) is 4. The number of urea groups is 1. The highest BCUT2D eigenvalue weighted by Crippen LogP contribution is 2.28. The molecule has 1 atom stereocenters. The Hall–Kier alpha value is -2.91. The van der Waals surface area contributed by atoms with Crippen molar-refractivity contribution in [3.63, 3.8) is 0 Å². The van der Waals surface area contributed by atoms with Crippen LogP contribution in [0.5, 0.6) is 5.75 Å². The van der Waals surface area contributed by atoms with Gasteiger partial charge in [-0.1, -0.05) is 0 Å². The van der Waals surface area contributed by atoms with E-state index in [4.69, 9.17) is 0 Å². The summed E-state index contributed by atoms with van der Waals surface area (Å²) in [6, 6.07) is 7.21. The van der Waals surface area contributed by atoms with Crippen molar-refractivity contribution >= 4 is 17.5 Å². The molecule has 1 aromatic carbocycles. The number of nitrogens with one attached hydrogen (secondary N) is 2. The van der Waals surface area contributed by atoms with Crippen LogP contribution in [0.3, 0.4) is 0 Å². The molecule has 2 heterocycles. The Bertz CT molecular complexity index is 776. The Labute approximate surface area is 154 Å². The molecule has 0 unspecified atom stereocenters. The maximum Gasteiger partial charge on any atom is 0.573 e. The monoisotopic (exact) mass is 383 g/mol. The number of halogens is 3. The Morgan fingerprint density at radius 2 is 2.04 bits per heavy atom. The van der Waals surface area contributed by atoms with Gasteiger partial charge in [0.05, 0.1) is 6.20 Å². The summed E-state index contributed by atoms with van der Waals surface area (Å²) in [6.45, 7) is 2.00. The molecule has 7 nitrogen and oxygen atoms in total. The molecule has 27 heavy (non-hydrogen) atoms. The van der Waals surface area contributed by atoms with Crippen LogP contribution in [0, 0.1) is 5.92 Å². The Balaban J connectivity index is 1.46. The minimum atomic E-state index is -4.69. The maximum absolute atomic E-state index is 12.2. The van der Waals surface area contributed by atoms with Gasteiger partial charge in [0.1, 0.15) is 11.6 Å². The van der Waals surface area contributed by atoms with Crippen LogP contribution >= 0.6 is 0 Å². The van der Waals surface area contributed by atoms with Gasteiger partial charge in [0.2, 0.25) is 0 Å². The number of benzene rings is 1. The van der Waals surface area contributed by atoms with E-state index in [9.17, 15) is 18.0 Å². The molecule has 1 aliphatic heterocycles. The summed E-state index contributed by atoms with van der Waals surface area (Å²) < 4.78 is 42.1. The third kappa shape index (κ3) is 5.28. The third-order valence-corrected chi connectivity index (χ3v) is 4.34. The van der Waals surface area contributed by atoms with Gasteiger partial charge in [-0.05, 0) is 36.6 Å². The molecule has 2 N–H and O–H groups in total. The zero-order valence-corrected chi connectivity index (χ0v) is 14.7. The maximum atomic E-state index is 12.2. The fraction of sp³-hybridized carbons (Fsp3) is 0.412. The molecule has 0 bridgehead atoms. The van der Waals surface area contributed by atoms with E-state index in [1.165, 1.54) is 12.1 Å². The lowest BCUT2D eigenvalue weighted by atomic mass is 10.1. The van der Waals surface area contributed by atoms with Gasteiger partial charge in [-0.2, -0.15) is 5.10 Å². The fourth-order valence-electron chi connectivity index (χ4n) is 2.99. The summed E-state index contributed by atoms with van der Waals surface area (Å²) in [4.78, 5) is 14.0. The minimum absolute atomic E-state index is 0.240. The predicted molar refractivity (Wildman–Crippen MR) is 93.7 cm³/mol. The smallest absolute Gasteiger partial charge is 0.406 e. The van der Waals surface area contributed by atoms with Gasteiger partial charge in [-0.3, -0.25) is 10.00 Å².